The first kappa shape index (κ1) is 44.5. The third-order valence-electron chi connectivity index (χ3n) is 7.00. The van der Waals surface area contributed by atoms with Crippen LogP contribution in [-0.2, 0) is 28.2 Å². The van der Waals surface area contributed by atoms with E-state index < -0.39 is 32.5 Å². The summed E-state index contributed by atoms with van der Waals surface area (Å²) in [6, 6.07) is 0. The van der Waals surface area contributed by atoms with Gasteiger partial charge in [0, 0.05) is 12.8 Å². The van der Waals surface area contributed by atoms with Crippen LogP contribution in [0.4, 0.5) is 0 Å². The van der Waals surface area contributed by atoms with Crippen molar-refractivity contribution in [3.8, 4) is 0 Å². The van der Waals surface area contributed by atoms with E-state index in [1.165, 1.54) is 38.5 Å². The highest BCUT2D eigenvalue weighted by Gasteiger charge is 2.22. The summed E-state index contributed by atoms with van der Waals surface area (Å²) in [6.07, 6.45) is 42.1. The van der Waals surface area contributed by atoms with Gasteiger partial charge in [-0.1, -0.05) is 145 Å². The van der Waals surface area contributed by atoms with E-state index in [1.807, 2.05) is 12.2 Å². The number of esters is 2. The van der Waals surface area contributed by atoms with Gasteiger partial charge in [0.2, 0.25) is 0 Å². The highest BCUT2D eigenvalue weighted by molar-refractivity contribution is 7.46. The summed E-state index contributed by atoms with van der Waals surface area (Å²) < 4.78 is 26.1. The van der Waals surface area contributed by atoms with E-state index in [0.29, 0.717) is 12.8 Å². The molecule has 0 radical (unpaired) electrons. The van der Waals surface area contributed by atoms with Crippen molar-refractivity contribution in [3.63, 3.8) is 0 Å². The van der Waals surface area contributed by atoms with Crippen LogP contribution in [0.25, 0.3) is 0 Å². The van der Waals surface area contributed by atoms with E-state index in [1.54, 1.807) is 0 Å². The van der Waals surface area contributed by atoms with Gasteiger partial charge in [0.15, 0.2) is 6.10 Å². The fraction of sp³-hybridized carbons (Fsp3) is 0.632. The maximum atomic E-state index is 12.3. The molecule has 0 saturated heterocycles. The molecule has 0 fully saturated rings. The topological polar surface area (TPSA) is 119 Å². The molecule has 0 aromatic heterocycles. The molecule has 0 spiro atoms. The Balaban J connectivity index is 4.13. The minimum absolute atomic E-state index is 0.140. The van der Waals surface area contributed by atoms with Crippen LogP contribution in [0.15, 0.2) is 72.9 Å². The first-order valence-corrected chi connectivity index (χ1v) is 19.3. The third-order valence-corrected chi connectivity index (χ3v) is 7.49. The molecule has 0 aliphatic rings. The lowest BCUT2D eigenvalue weighted by atomic mass is 10.1. The van der Waals surface area contributed by atoms with E-state index in [0.717, 1.165) is 57.8 Å². The molecule has 1 atom stereocenters. The van der Waals surface area contributed by atoms with Crippen molar-refractivity contribution in [2.45, 2.75) is 142 Å². The summed E-state index contributed by atoms with van der Waals surface area (Å²) in [5.41, 5.74) is 0. The van der Waals surface area contributed by atoms with E-state index >= 15 is 0 Å². The maximum absolute atomic E-state index is 12.3. The predicted octanol–water partition coefficient (Wildman–Crippen LogP) is 10.3. The van der Waals surface area contributed by atoms with Crippen LogP contribution in [0.2, 0.25) is 0 Å². The first-order chi connectivity index (χ1) is 22.8. The summed E-state index contributed by atoms with van der Waals surface area (Å²) in [7, 11) is -4.76. The lowest BCUT2D eigenvalue weighted by molar-refractivity contribution is -0.161. The SMILES string of the molecule is CC/C=C\C/C=C\C/C=C\C/C=C\C/C=C\C/C=C\CCC(=O)OC[C@H](COP(=O)(O)O)OC(=O)CCCCCCCCCCCC. The van der Waals surface area contributed by atoms with Crippen LogP contribution < -0.4 is 0 Å². The largest absolute Gasteiger partial charge is 0.469 e. The molecule has 9 heteroatoms. The number of hydrogen-bond acceptors (Lipinski definition) is 6. The Kier molecular flexibility index (Phi) is 31.6. The van der Waals surface area contributed by atoms with Crippen molar-refractivity contribution in [2.24, 2.45) is 0 Å². The van der Waals surface area contributed by atoms with Gasteiger partial charge in [-0.05, 0) is 51.4 Å². The number of allylic oxidation sites excluding steroid dienone is 12. The summed E-state index contributed by atoms with van der Waals surface area (Å²) in [5, 5.41) is 0. The van der Waals surface area contributed by atoms with Crippen LogP contribution in [0.1, 0.15) is 136 Å². The molecule has 0 aromatic rings. The smallest absolute Gasteiger partial charge is 0.462 e. The lowest BCUT2D eigenvalue weighted by Gasteiger charge is -2.18. The Bertz CT molecular complexity index is 990. The monoisotopic (exact) mass is 678 g/mol. The number of carbonyl (C=O) groups is 2. The molecule has 0 aliphatic carbocycles. The zero-order valence-electron chi connectivity index (χ0n) is 29.1. The molecule has 0 unspecified atom stereocenters. The quantitative estimate of drug-likeness (QED) is 0.0322. The van der Waals surface area contributed by atoms with Gasteiger partial charge in [0.1, 0.15) is 6.61 Å². The number of phosphoric ester groups is 1. The molecule has 8 nitrogen and oxygen atoms in total. The Morgan fingerprint density at radius 3 is 1.49 bits per heavy atom. The molecular weight excluding hydrogens is 615 g/mol. The number of rotatable bonds is 31. The van der Waals surface area contributed by atoms with E-state index in [9.17, 15) is 14.2 Å². The number of hydrogen-bond donors (Lipinski definition) is 2. The second kappa shape index (κ2) is 33.4. The molecule has 0 saturated carbocycles. The Morgan fingerprint density at radius 1 is 0.574 bits per heavy atom. The van der Waals surface area contributed by atoms with Crippen molar-refractivity contribution >= 4 is 19.8 Å². The van der Waals surface area contributed by atoms with Crippen LogP contribution in [0.3, 0.4) is 0 Å². The zero-order valence-corrected chi connectivity index (χ0v) is 30.0. The minimum Gasteiger partial charge on any atom is -0.462 e. The molecule has 0 aliphatic heterocycles. The molecule has 2 N–H and O–H groups in total. The van der Waals surface area contributed by atoms with Crippen molar-refractivity contribution in [2.75, 3.05) is 13.2 Å². The van der Waals surface area contributed by atoms with Crippen LogP contribution in [0, 0.1) is 0 Å². The highest BCUT2D eigenvalue weighted by atomic mass is 31.2. The van der Waals surface area contributed by atoms with E-state index in [4.69, 9.17) is 19.3 Å². The molecule has 0 rings (SSSR count). The van der Waals surface area contributed by atoms with Gasteiger partial charge in [-0.15, -0.1) is 0 Å². The third kappa shape index (κ3) is 36.2. The maximum Gasteiger partial charge on any atom is 0.469 e. The van der Waals surface area contributed by atoms with E-state index in [-0.39, 0.29) is 19.4 Å². The standard InChI is InChI=1S/C38H63O8P/c1-3-5-7-9-11-13-15-16-17-18-19-20-21-22-23-25-26-28-30-32-37(39)44-34-36(35-45-47(41,42)43)46-38(40)33-31-29-27-24-14-12-10-8-6-4-2/h5,7,11,13,16-17,19-20,22-23,26,28,36H,3-4,6,8-10,12,14-15,18,21,24-25,27,29-35H2,1-2H3,(H2,41,42,43)/b7-5-,13-11-,17-16-,20-19-,23-22-,28-26-/t36-/m1/s1. The van der Waals surface area contributed by atoms with Crippen molar-refractivity contribution < 1.29 is 37.9 Å². The molecular formula is C38H63O8P. The predicted molar refractivity (Wildman–Crippen MR) is 193 cm³/mol. The molecule has 47 heavy (non-hydrogen) atoms. The fourth-order valence-electron chi connectivity index (χ4n) is 4.40. The molecule has 268 valence electrons. The van der Waals surface area contributed by atoms with Crippen LogP contribution in [0.5, 0.6) is 0 Å². The lowest BCUT2D eigenvalue weighted by Crippen LogP contribution is -2.29. The first-order valence-electron chi connectivity index (χ1n) is 17.7. The van der Waals surface area contributed by atoms with Gasteiger partial charge in [-0.2, -0.15) is 0 Å². The van der Waals surface area contributed by atoms with Gasteiger partial charge in [0.25, 0.3) is 0 Å². The summed E-state index contributed by atoms with van der Waals surface area (Å²) in [6.45, 7) is 3.46. The number of ether oxygens (including phenoxy) is 2. The Morgan fingerprint density at radius 2 is 1.02 bits per heavy atom. The van der Waals surface area contributed by atoms with Crippen LogP contribution in [-0.4, -0.2) is 41.0 Å². The van der Waals surface area contributed by atoms with Crippen molar-refractivity contribution in [3.05, 3.63) is 72.9 Å². The van der Waals surface area contributed by atoms with Gasteiger partial charge >= 0.3 is 19.8 Å². The fourth-order valence-corrected chi connectivity index (χ4v) is 4.76. The van der Waals surface area contributed by atoms with Crippen molar-refractivity contribution in [1.29, 1.82) is 0 Å². The minimum atomic E-state index is -4.76. The van der Waals surface area contributed by atoms with E-state index in [2.05, 4.69) is 79.1 Å². The van der Waals surface area contributed by atoms with Crippen molar-refractivity contribution in [1.82, 2.24) is 0 Å². The van der Waals surface area contributed by atoms with Gasteiger partial charge < -0.3 is 19.3 Å². The van der Waals surface area contributed by atoms with Crippen LogP contribution >= 0.6 is 7.82 Å². The van der Waals surface area contributed by atoms with Gasteiger partial charge in [0.05, 0.1) is 6.61 Å². The average Bonchev–Trinajstić information content (AvgIpc) is 3.04. The van der Waals surface area contributed by atoms with Gasteiger partial charge in [-0.3, -0.25) is 14.1 Å². The summed E-state index contributed by atoms with van der Waals surface area (Å²) in [4.78, 5) is 42.5. The molecule has 0 heterocycles. The average molecular weight is 679 g/mol. The highest BCUT2D eigenvalue weighted by Crippen LogP contribution is 2.35. The Labute approximate surface area is 285 Å². The molecule has 0 aromatic carbocycles. The molecule has 0 bridgehead atoms. The summed E-state index contributed by atoms with van der Waals surface area (Å²) >= 11 is 0. The zero-order chi connectivity index (χ0) is 34.7. The number of carbonyl (C=O) groups excluding carboxylic acids is 2. The molecule has 0 amide bonds. The number of phosphoric acid groups is 1. The normalized spacial score (nSPS) is 13.4. The number of unbranched alkanes of at least 4 members (excludes halogenated alkanes) is 9. The Hall–Kier alpha value is -2.51. The summed E-state index contributed by atoms with van der Waals surface area (Å²) in [5.74, 6) is -0.991. The second-order valence-corrected chi connectivity index (χ2v) is 12.7. The van der Waals surface area contributed by atoms with Gasteiger partial charge in [-0.25, -0.2) is 4.57 Å². The second-order valence-electron chi connectivity index (χ2n) is 11.5.